The van der Waals surface area contributed by atoms with E-state index in [1.165, 1.54) is 18.4 Å². The minimum Gasteiger partial charge on any atom is -0.384 e. The minimum atomic E-state index is -0.0813. The van der Waals surface area contributed by atoms with Crippen LogP contribution in [0.4, 0.5) is 0 Å². The maximum atomic E-state index is 8.70. The number of hydrogen-bond donors (Lipinski definition) is 1. The van der Waals surface area contributed by atoms with E-state index in [-0.39, 0.29) is 6.61 Å². The van der Waals surface area contributed by atoms with Crippen molar-refractivity contribution in [2.75, 3.05) is 19.7 Å². The van der Waals surface area contributed by atoms with Gasteiger partial charge in [-0.2, -0.15) is 0 Å². The second kappa shape index (κ2) is 8.74. The molecule has 1 rings (SSSR count). The highest BCUT2D eigenvalue weighted by molar-refractivity contribution is 5.37. The van der Waals surface area contributed by atoms with Crippen molar-refractivity contribution in [3.05, 3.63) is 35.4 Å². The first-order valence-electron chi connectivity index (χ1n) is 6.71. The largest absolute Gasteiger partial charge is 0.384 e. The van der Waals surface area contributed by atoms with Crippen LogP contribution in [0.15, 0.2) is 24.3 Å². The van der Waals surface area contributed by atoms with Crippen LogP contribution in [0.2, 0.25) is 0 Å². The van der Waals surface area contributed by atoms with Crippen molar-refractivity contribution in [2.45, 2.75) is 33.2 Å². The molecule has 0 atom stereocenters. The van der Waals surface area contributed by atoms with Gasteiger partial charge in [0.05, 0.1) is 0 Å². The average molecular weight is 245 g/mol. The molecule has 1 aromatic rings. The molecule has 98 valence electrons. The third-order valence-electron chi connectivity index (χ3n) is 2.72. The summed E-state index contributed by atoms with van der Waals surface area (Å²) in [5.74, 6) is 5.64. The van der Waals surface area contributed by atoms with Crippen LogP contribution in [0.1, 0.15) is 37.8 Å². The molecule has 0 aromatic heterocycles. The molecule has 0 aliphatic heterocycles. The van der Waals surface area contributed by atoms with Gasteiger partial charge in [0.2, 0.25) is 0 Å². The van der Waals surface area contributed by atoms with E-state index < -0.39 is 0 Å². The number of rotatable bonds is 6. The van der Waals surface area contributed by atoms with E-state index in [1.54, 1.807) is 0 Å². The van der Waals surface area contributed by atoms with Crippen LogP contribution in [0, 0.1) is 11.8 Å². The summed E-state index contributed by atoms with van der Waals surface area (Å²) in [6, 6.07) is 8.27. The maximum absolute atomic E-state index is 8.70. The highest BCUT2D eigenvalue weighted by Crippen LogP contribution is 2.08. The second-order valence-electron chi connectivity index (χ2n) is 4.44. The molecule has 18 heavy (non-hydrogen) atoms. The molecule has 2 nitrogen and oxygen atoms in total. The molecule has 0 unspecified atom stereocenters. The minimum absolute atomic E-state index is 0.0813. The summed E-state index contributed by atoms with van der Waals surface area (Å²) >= 11 is 0. The van der Waals surface area contributed by atoms with E-state index >= 15 is 0 Å². The summed E-state index contributed by atoms with van der Waals surface area (Å²) in [5.41, 5.74) is 2.27. The van der Waals surface area contributed by atoms with Gasteiger partial charge in [0.1, 0.15) is 6.61 Å². The van der Waals surface area contributed by atoms with Crippen molar-refractivity contribution in [2.24, 2.45) is 0 Å². The third kappa shape index (κ3) is 5.35. The predicted molar refractivity (Wildman–Crippen MR) is 76.3 cm³/mol. The van der Waals surface area contributed by atoms with Crippen LogP contribution >= 0.6 is 0 Å². The highest BCUT2D eigenvalue weighted by atomic mass is 16.2. The van der Waals surface area contributed by atoms with E-state index in [1.807, 2.05) is 12.1 Å². The van der Waals surface area contributed by atoms with Gasteiger partial charge in [-0.05, 0) is 43.6 Å². The van der Waals surface area contributed by atoms with E-state index in [0.717, 1.165) is 25.2 Å². The lowest BCUT2D eigenvalue weighted by molar-refractivity contribution is 0.266. The molecule has 0 radical (unpaired) electrons. The highest BCUT2D eigenvalue weighted by Gasteiger charge is 2.03. The van der Waals surface area contributed by atoms with Gasteiger partial charge >= 0.3 is 0 Å². The summed E-state index contributed by atoms with van der Waals surface area (Å²) in [4.78, 5) is 2.47. The predicted octanol–water partition coefficient (Wildman–Crippen LogP) is 2.65. The van der Waals surface area contributed by atoms with Gasteiger partial charge in [-0.25, -0.2) is 0 Å². The smallest absolute Gasteiger partial charge is 0.104 e. The summed E-state index contributed by atoms with van der Waals surface area (Å²) in [5, 5.41) is 8.70. The van der Waals surface area contributed by atoms with Crippen LogP contribution < -0.4 is 0 Å². The molecule has 1 N–H and O–H groups in total. The van der Waals surface area contributed by atoms with Gasteiger partial charge in [0, 0.05) is 12.1 Å². The summed E-state index contributed by atoms with van der Waals surface area (Å²) in [6.45, 7) is 7.61. The first-order valence-corrected chi connectivity index (χ1v) is 6.71. The summed E-state index contributed by atoms with van der Waals surface area (Å²) in [7, 11) is 0. The Morgan fingerprint density at radius 3 is 2.50 bits per heavy atom. The lowest BCUT2D eigenvalue weighted by atomic mass is 10.1. The molecule has 0 aliphatic carbocycles. The zero-order valence-corrected chi connectivity index (χ0v) is 11.4. The van der Waals surface area contributed by atoms with Crippen molar-refractivity contribution < 1.29 is 5.11 Å². The fraction of sp³-hybridized carbons (Fsp3) is 0.500. The molecule has 0 saturated carbocycles. The number of aliphatic hydroxyl groups is 1. The topological polar surface area (TPSA) is 23.5 Å². The first-order chi connectivity index (χ1) is 8.80. The monoisotopic (exact) mass is 245 g/mol. The van der Waals surface area contributed by atoms with Gasteiger partial charge in [-0.3, -0.25) is 4.90 Å². The fourth-order valence-corrected chi connectivity index (χ4v) is 2.05. The Bertz CT molecular complexity index is 397. The maximum Gasteiger partial charge on any atom is 0.104 e. The Morgan fingerprint density at radius 1 is 1.17 bits per heavy atom. The number of benzene rings is 1. The fourth-order valence-electron chi connectivity index (χ4n) is 2.05. The Balaban J connectivity index is 2.70. The zero-order valence-electron chi connectivity index (χ0n) is 11.4. The summed E-state index contributed by atoms with van der Waals surface area (Å²) < 4.78 is 0. The third-order valence-corrected chi connectivity index (χ3v) is 2.72. The molecule has 0 heterocycles. The van der Waals surface area contributed by atoms with Gasteiger partial charge in [0.25, 0.3) is 0 Å². The molecule has 1 aromatic carbocycles. The Morgan fingerprint density at radius 2 is 1.89 bits per heavy atom. The number of nitrogens with zero attached hydrogens (tertiary/aromatic N) is 1. The molecule has 0 amide bonds. The Labute approximate surface area is 111 Å². The van der Waals surface area contributed by atoms with Crippen LogP contribution in [0.3, 0.4) is 0 Å². The normalized spacial score (nSPS) is 10.2. The molecule has 0 fully saturated rings. The van der Waals surface area contributed by atoms with Crippen molar-refractivity contribution in [3.8, 4) is 11.8 Å². The van der Waals surface area contributed by atoms with E-state index in [0.29, 0.717) is 0 Å². The van der Waals surface area contributed by atoms with Crippen LogP contribution in [-0.4, -0.2) is 29.7 Å². The molecule has 2 heteroatoms. The van der Waals surface area contributed by atoms with Crippen molar-refractivity contribution in [1.29, 1.82) is 0 Å². The van der Waals surface area contributed by atoms with Crippen molar-refractivity contribution in [3.63, 3.8) is 0 Å². The van der Waals surface area contributed by atoms with E-state index in [2.05, 4.69) is 42.7 Å². The Hall–Kier alpha value is -1.30. The lowest BCUT2D eigenvalue weighted by Crippen LogP contribution is -2.24. The van der Waals surface area contributed by atoms with Crippen LogP contribution in [0.25, 0.3) is 0 Å². The average Bonchev–Trinajstić information content (AvgIpc) is 2.37. The van der Waals surface area contributed by atoms with Gasteiger partial charge in [-0.15, -0.1) is 0 Å². The van der Waals surface area contributed by atoms with Crippen molar-refractivity contribution >= 4 is 0 Å². The van der Waals surface area contributed by atoms with Crippen LogP contribution in [-0.2, 0) is 6.54 Å². The van der Waals surface area contributed by atoms with Crippen molar-refractivity contribution in [1.82, 2.24) is 4.90 Å². The molecule has 0 spiro atoms. The second-order valence-corrected chi connectivity index (χ2v) is 4.44. The van der Waals surface area contributed by atoms with Gasteiger partial charge in [0.15, 0.2) is 0 Å². The molecule has 0 bridgehead atoms. The number of aliphatic hydroxyl groups excluding tert-OH is 1. The Kier molecular flexibility index (Phi) is 7.17. The van der Waals surface area contributed by atoms with Gasteiger partial charge in [-0.1, -0.05) is 37.8 Å². The zero-order chi connectivity index (χ0) is 13.2. The first kappa shape index (κ1) is 14.8. The molecule has 0 saturated heterocycles. The SMILES string of the molecule is CCCN(CCC)Cc1cccc(C#CCO)c1. The molecular weight excluding hydrogens is 222 g/mol. The van der Waals surface area contributed by atoms with E-state index in [9.17, 15) is 0 Å². The van der Waals surface area contributed by atoms with Gasteiger partial charge < -0.3 is 5.11 Å². The molecular formula is C16H23NO. The van der Waals surface area contributed by atoms with Crippen LogP contribution in [0.5, 0.6) is 0 Å². The lowest BCUT2D eigenvalue weighted by Gasteiger charge is -2.21. The standard InChI is InChI=1S/C16H23NO/c1-3-10-17(11-4-2)14-16-8-5-7-15(13-16)9-6-12-18/h5,7-8,13,18H,3-4,10-12,14H2,1-2H3. The number of hydrogen-bond acceptors (Lipinski definition) is 2. The van der Waals surface area contributed by atoms with E-state index in [4.69, 9.17) is 5.11 Å². The molecule has 0 aliphatic rings. The quantitative estimate of drug-likeness (QED) is 0.779. The summed E-state index contributed by atoms with van der Waals surface area (Å²) in [6.07, 6.45) is 2.37.